The molecular formula is C25H43N7O12S. The number of nitrogens with two attached hydrogens (primary N) is 2. The average Bonchev–Trinajstić information content (AvgIpc) is 2.99. The molecule has 0 fully saturated rings. The topological polar surface area (TPSA) is 330 Å². The first kappa shape index (κ1) is 41.0. The lowest BCUT2D eigenvalue weighted by Crippen LogP contribution is -2.60. The van der Waals surface area contributed by atoms with E-state index in [1.807, 2.05) is 0 Å². The van der Waals surface area contributed by atoms with E-state index in [9.17, 15) is 48.6 Å². The van der Waals surface area contributed by atoms with Gasteiger partial charge in [0.2, 0.25) is 35.4 Å². The first-order valence-electron chi connectivity index (χ1n) is 13.9. The number of aliphatic hydroxyl groups excluding tert-OH is 2. The maximum Gasteiger partial charge on any atom is 0.327 e. The maximum atomic E-state index is 13.3. The van der Waals surface area contributed by atoms with E-state index in [2.05, 4.69) is 39.2 Å². The molecule has 0 bridgehead atoms. The number of carbonyl (C=O) groups excluding carboxylic acids is 6. The Hall–Kier alpha value is -4.01. The molecule has 7 atom stereocenters. The summed E-state index contributed by atoms with van der Waals surface area (Å²) in [6, 6.07) is -8.96. The van der Waals surface area contributed by atoms with Gasteiger partial charge in [0, 0.05) is 18.6 Å². The van der Waals surface area contributed by atoms with Gasteiger partial charge in [0.25, 0.3) is 0 Å². The molecule has 0 aliphatic heterocycles. The van der Waals surface area contributed by atoms with E-state index < -0.39 is 128 Å². The van der Waals surface area contributed by atoms with Crippen molar-refractivity contribution in [1.82, 2.24) is 26.6 Å². The summed E-state index contributed by atoms with van der Waals surface area (Å²) >= 11 is 3.81. The number of hydrogen-bond acceptors (Lipinski definition) is 12. The van der Waals surface area contributed by atoms with Gasteiger partial charge in [-0.05, 0) is 18.8 Å². The van der Waals surface area contributed by atoms with Gasteiger partial charge in [-0.25, -0.2) is 4.79 Å². The number of carboxylic acid groups (broad SMARTS) is 2. The Morgan fingerprint density at radius 3 is 1.58 bits per heavy atom. The van der Waals surface area contributed by atoms with E-state index in [-0.39, 0.29) is 5.75 Å². The van der Waals surface area contributed by atoms with Crippen molar-refractivity contribution in [3.05, 3.63) is 0 Å². The third-order valence-corrected chi connectivity index (χ3v) is 6.90. The molecule has 19 nitrogen and oxygen atoms in total. The van der Waals surface area contributed by atoms with Gasteiger partial charge in [-0.3, -0.25) is 33.6 Å². The minimum absolute atomic E-state index is 0.316. The number of nitrogens with one attached hydrogen (secondary N) is 5. The fourth-order valence-corrected chi connectivity index (χ4v) is 3.84. The van der Waals surface area contributed by atoms with Crippen molar-refractivity contribution < 1.29 is 58.8 Å². The fourth-order valence-electron chi connectivity index (χ4n) is 3.60. The van der Waals surface area contributed by atoms with E-state index in [4.69, 9.17) is 21.7 Å². The SMILES string of the molecule is CC[C@H](C)[C@H](NC(=O)[C@@H](N)CO)C(=O)N[C@@H](CCC(=O)O)C(=O)N[C@@H](CCC(N)=O)C(=O)N[C@@H](CO)C(=O)N[C@@H](CS)C(=O)O. The second-order valence-corrected chi connectivity index (χ2v) is 10.4. The van der Waals surface area contributed by atoms with Gasteiger partial charge in [-0.15, -0.1) is 0 Å². The molecular weight excluding hydrogens is 622 g/mol. The molecule has 0 heterocycles. The standard InChI is InChI=1S/C25H43N7O12S/c1-3-11(2)19(32-20(38)12(26)8-33)24(42)29-14(5-7-18(36)37)21(39)28-13(4-6-17(27)35)22(40)30-15(9-34)23(41)31-16(10-45)25(43)44/h11-16,19,33-34,45H,3-10,26H2,1-2H3,(H2,27,35)(H,28,39)(H,29,42)(H,30,40)(H,31,41)(H,32,38)(H,36,37)(H,43,44)/t11-,12-,13-,14-,15-,16-,19-/m0/s1. The Morgan fingerprint density at radius 2 is 1.16 bits per heavy atom. The molecule has 0 aromatic carbocycles. The van der Waals surface area contributed by atoms with Gasteiger partial charge >= 0.3 is 11.9 Å². The van der Waals surface area contributed by atoms with Gasteiger partial charge in [0.05, 0.1) is 13.2 Å². The number of carbonyl (C=O) groups is 8. The summed E-state index contributed by atoms with van der Waals surface area (Å²) in [5, 5.41) is 48.2. The van der Waals surface area contributed by atoms with Crippen LogP contribution < -0.4 is 38.1 Å². The molecule has 0 rings (SSSR count). The monoisotopic (exact) mass is 665 g/mol. The molecule has 0 saturated carbocycles. The summed E-state index contributed by atoms with van der Waals surface area (Å²) in [5.41, 5.74) is 10.7. The van der Waals surface area contributed by atoms with E-state index in [1.165, 1.54) is 0 Å². The molecule has 0 radical (unpaired) electrons. The third kappa shape index (κ3) is 15.0. The summed E-state index contributed by atoms with van der Waals surface area (Å²) in [7, 11) is 0. The van der Waals surface area contributed by atoms with Crippen molar-refractivity contribution in [1.29, 1.82) is 0 Å². The molecule has 20 heteroatoms. The Bertz CT molecular complexity index is 1080. The van der Waals surface area contributed by atoms with E-state index >= 15 is 0 Å². The van der Waals surface area contributed by atoms with Gasteiger partial charge in [0.15, 0.2) is 0 Å². The molecule has 6 amide bonds. The van der Waals surface area contributed by atoms with Crippen LogP contribution in [0.25, 0.3) is 0 Å². The number of aliphatic carboxylic acids is 2. The number of aliphatic hydroxyl groups is 2. The Balaban J connectivity index is 6.08. The molecule has 0 spiro atoms. The van der Waals surface area contributed by atoms with Crippen LogP contribution in [0.4, 0.5) is 0 Å². The van der Waals surface area contributed by atoms with Crippen LogP contribution in [-0.4, -0.2) is 123 Å². The molecule has 0 aliphatic carbocycles. The highest BCUT2D eigenvalue weighted by molar-refractivity contribution is 7.80. The highest BCUT2D eigenvalue weighted by atomic mass is 32.1. The van der Waals surface area contributed by atoms with Crippen molar-refractivity contribution >= 4 is 60.0 Å². The maximum absolute atomic E-state index is 13.3. The summed E-state index contributed by atoms with van der Waals surface area (Å²) < 4.78 is 0. The first-order valence-corrected chi connectivity index (χ1v) is 14.5. The van der Waals surface area contributed by atoms with Crippen LogP contribution in [0.15, 0.2) is 0 Å². The van der Waals surface area contributed by atoms with Crippen LogP contribution in [0.3, 0.4) is 0 Å². The van der Waals surface area contributed by atoms with Crippen LogP contribution in [-0.2, 0) is 38.4 Å². The van der Waals surface area contributed by atoms with E-state index in [1.54, 1.807) is 13.8 Å². The predicted octanol–water partition coefficient (Wildman–Crippen LogP) is -5.09. The normalized spacial score (nSPS) is 15.5. The van der Waals surface area contributed by atoms with Gasteiger partial charge in [-0.1, -0.05) is 20.3 Å². The highest BCUT2D eigenvalue weighted by Crippen LogP contribution is 2.10. The Labute approximate surface area is 264 Å². The second-order valence-electron chi connectivity index (χ2n) is 10.0. The zero-order valence-corrected chi connectivity index (χ0v) is 25.7. The van der Waals surface area contributed by atoms with Crippen LogP contribution in [0.5, 0.6) is 0 Å². The number of primary amides is 1. The summed E-state index contributed by atoms with van der Waals surface area (Å²) in [6.07, 6.45) is -1.60. The highest BCUT2D eigenvalue weighted by Gasteiger charge is 2.34. The lowest BCUT2D eigenvalue weighted by Gasteiger charge is -2.28. The smallest absolute Gasteiger partial charge is 0.327 e. The fraction of sp³-hybridized carbons (Fsp3) is 0.680. The lowest BCUT2D eigenvalue weighted by atomic mass is 9.97. The minimum atomic E-state index is -1.69. The first-order chi connectivity index (χ1) is 21.0. The van der Waals surface area contributed by atoms with Crippen LogP contribution >= 0.6 is 12.6 Å². The summed E-state index contributed by atoms with van der Waals surface area (Å²) in [6.45, 7) is 1.61. The van der Waals surface area contributed by atoms with Crippen molar-refractivity contribution in [3.63, 3.8) is 0 Å². The Morgan fingerprint density at radius 1 is 0.689 bits per heavy atom. The van der Waals surface area contributed by atoms with Crippen molar-refractivity contribution in [2.45, 2.75) is 82.2 Å². The zero-order valence-electron chi connectivity index (χ0n) is 24.9. The molecule has 0 unspecified atom stereocenters. The third-order valence-electron chi connectivity index (χ3n) is 6.53. The largest absolute Gasteiger partial charge is 0.481 e. The lowest BCUT2D eigenvalue weighted by molar-refractivity contribution is -0.142. The molecule has 0 aromatic rings. The molecule has 13 N–H and O–H groups in total. The van der Waals surface area contributed by atoms with Gasteiger partial charge in [-0.2, -0.15) is 12.6 Å². The van der Waals surface area contributed by atoms with E-state index in [0.717, 1.165) is 0 Å². The minimum Gasteiger partial charge on any atom is -0.481 e. The average molecular weight is 666 g/mol. The van der Waals surface area contributed by atoms with Crippen molar-refractivity contribution in [3.8, 4) is 0 Å². The summed E-state index contributed by atoms with van der Waals surface area (Å²) in [4.78, 5) is 98.1. The summed E-state index contributed by atoms with van der Waals surface area (Å²) in [5.74, 6) is -9.52. The molecule has 256 valence electrons. The van der Waals surface area contributed by atoms with Gasteiger partial charge < -0.3 is 58.5 Å². The number of thiol groups is 1. The van der Waals surface area contributed by atoms with Crippen molar-refractivity contribution in [2.24, 2.45) is 17.4 Å². The molecule has 45 heavy (non-hydrogen) atoms. The molecule has 0 saturated heterocycles. The van der Waals surface area contributed by atoms with E-state index in [0.29, 0.717) is 6.42 Å². The number of amides is 6. The van der Waals surface area contributed by atoms with Gasteiger partial charge in [0.1, 0.15) is 36.3 Å². The number of carboxylic acids is 2. The van der Waals surface area contributed by atoms with Crippen molar-refractivity contribution in [2.75, 3.05) is 19.0 Å². The van der Waals surface area contributed by atoms with Crippen LogP contribution in [0, 0.1) is 5.92 Å². The predicted molar refractivity (Wildman–Crippen MR) is 158 cm³/mol. The quantitative estimate of drug-likeness (QED) is 0.0482. The van der Waals surface area contributed by atoms with Crippen LogP contribution in [0.1, 0.15) is 46.0 Å². The molecule has 0 aliphatic rings. The Kier molecular flexibility index (Phi) is 19.0. The second kappa shape index (κ2) is 20.9. The number of hydrogen-bond donors (Lipinski definition) is 12. The molecule has 0 aromatic heterocycles. The zero-order chi connectivity index (χ0) is 34.9. The van der Waals surface area contributed by atoms with Crippen LogP contribution in [0.2, 0.25) is 0 Å². The number of rotatable bonds is 22.